The van der Waals surface area contributed by atoms with E-state index < -0.39 is 11.6 Å². The maximum atomic E-state index is 13.7. The van der Waals surface area contributed by atoms with Crippen LogP contribution in [-0.4, -0.2) is 48.4 Å². The number of nitrogens with zero attached hydrogens (tertiary/aromatic N) is 4. The minimum atomic E-state index is -0.945. The summed E-state index contributed by atoms with van der Waals surface area (Å²) in [4.78, 5) is 14.4. The van der Waals surface area contributed by atoms with Gasteiger partial charge in [-0.1, -0.05) is 11.2 Å². The molecule has 176 valence electrons. The van der Waals surface area contributed by atoms with Crippen molar-refractivity contribution in [3.05, 3.63) is 95.1 Å². The monoisotopic (exact) mass is 466 g/mol. The van der Waals surface area contributed by atoms with Gasteiger partial charge in [0.05, 0.1) is 5.69 Å². The van der Waals surface area contributed by atoms with Gasteiger partial charge in [0.1, 0.15) is 18.1 Å². The van der Waals surface area contributed by atoms with Crippen LogP contribution in [0.5, 0.6) is 0 Å². The summed E-state index contributed by atoms with van der Waals surface area (Å²) in [5, 5.41) is 4.08. The van der Waals surface area contributed by atoms with Gasteiger partial charge in [0.2, 0.25) is 0 Å². The Labute approximate surface area is 196 Å². The summed E-state index contributed by atoms with van der Waals surface area (Å²) in [5.74, 6) is -2.07. The summed E-state index contributed by atoms with van der Waals surface area (Å²) in [7, 11) is 0. The molecular formula is C26H25F3N4O. The zero-order valence-corrected chi connectivity index (χ0v) is 18.8. The van der Waals surface area contributed by atoms with Crippen molar-refractivity contribution in [2.75, 3.05) is 37.7 Å². The molecule has 0 radical (unpaired) electrons. The van der Waals surface area contributed by atoms with E-state index in [1.54, 1.807) is 13.1 Å². The lowest BCUT2D eigenvalue weighted by molar-refractivity contribution is -0.0273. The SMILES string of the molecule is CCON=C(c1ccc(F)c(F)c1)c1ccc(CN2CC3(C2)CN(c2ccc(F)cc2)C3)cn1. The highest BCUT2D eigenvalue weighted by molar-refractivity contribution is 6.11. The number of pyridine rings is 1. The molecule has 0 N–H and O–H groups in total. The Morgan fingerprint density at radius 1 is 0.971 bits per heavy atom. The Hall–Kier alpha value is -3.39. The number of rotatable bonds is 7. The Bertz CT molecular complexity index is 1180. The minimum Gasteiger partial charge on any atom is -0.396 e. The molecule has 2 aromatic carbocycles. The molecule has 0 bridgehead atoms. The summed E-state index contributed by atoms with van der Waals surface area (Å²) in [6.45, 7) is 6.92. The second-order valence-electron chi connectivity index (χ2n) is 9.02. The highest BCUT2D eigenvalue weighted by Crippen LogP contribution is 2.42. The van der Waals surface area contributed by atoms with Crippen molar-refractivity contribution >= 4 is 11.4 Å². The molecule has 3 heterocycles. The predicted octanol–water partition coefficient (Wildman–Crippen LogP) is 4.61. The number of hydrogen-bond donors (Lipinski definition) is 0. The maximum absolute atomic E-state index is 13.7. The summed E-state index contributed by atoms with van der Waals surface area (Å²) in [6, 6.07) is 14.1. The van der Waals surface area contributed by atoms with Crippen LogP contribution in [0.2, 0.25) is 0 Å². The normalized spacial score (nSPS) is 17.4. The van der Waals surface area contributed by atoms with E-state index in [1.165, 1.54) is 18.2 Å². The third kappa shape index (κ3) is 4.50. The molecule has 2 aliphatic rings. The van der Waals surface area contributed by atoms with E-state index in [0.29, 0.717) is 29.0 Å². The molecule has 2 aliphatic heterocycles. The minimum absolute atomic E-state index is 0.213. The van der Waals surface area contributed by atoms with Crippen LogP contribution in [0.3, 0.4) is 0 Å². The van der Waals surface area contributed by atoms with Gasteiger partial charge in [-0.05, 0) is 61.0 Å². The molecule has 0 atom stereocenters. The fourth-order valence-electron chi connectivity index (χ4n) is 4.75. The maximum Gasteiger partial charge on any atom is 0.159 e. The number of oxime groups is 1. The van der Waals surface area contributed by atoms with E-state index >= 15 is 0 Å². The molecule has 8 heteroatoms. The van der Waals surface area contributed by atoms with Gasteiger partial charge in [0.25, 0.3) is 0 Å². The van der Waals surface area contributed by atoms with Crippen LogP contribution in [0.1, 0.15) is 23.7 Å². The molecule has 1 aromatic heterocycles. The van der Waals surface area contributed by atoms with Gasteiger partial charge in [-0.3, -0.25) is 9.88 Å². The number of anilines is 1. The number of halogens is 3. The zero-order valence-electron chi connectivity index (χ0n) is 18.8. The molecule has 3 aromatic rings. The van der Waals surface area contributed by atoms with Gasteiger partial charge >= 0.3 is 0 Å². The van der Waals surface area contributed by atoms with Crippen LogP contribution >= 0.6 is 0 Å². The lowest BCUT2D eigenvalue weighted by Crippen LogP contribution is -2.71. The molecular weight excluding hydrogens is 441 g/mol. The Balaban J connectivity index is 1.19. The first-order valence-corrected chi connectivity index (χ1v) is 11.3. The fraction of sp³-hybridized carbons (Fsp3) is 0.308. The van der Waals surface area contributed by atoms with E-state index in [-0.39, 0.29) is 5.82 Å². The fourth-order valence-corrected chi connectivity index (χ4v) is 4.75. The van der Waals surface area contributed by atoms with Crippen molar-refractivity contribution in [2.45, 2.75) is 13.5 Å². The molecule has 0 aliphatic carbocycles. The van der Waals surface area contributed by atoms with Crippen LogP contribution in [0.15, 0.2) is 65.9 Å². The zero-order chi connectivity index (χ0) is 23.7. The summed E-state index contributed by atoms with van der Waals surface area (Å²) >= 11 is 0. The van der Waals surface area contributed by atoms with Crippen molar-refractivity contribution in [3.63, 3.8) is 0 Å². The number of benzene rings is 2. The Morgan fingerprint density at radius 3 is 2.38 bits per heavy atom. The van der Waals surface area contributed by atoms with E-state index in [4.69, 9.17) is 4.84 Å². The van der Waals surface area contributed by atoms with Crippen LogP contribution in [0, 0.1) is 22.9 Å². The van der Waals surface area contributed by atoms with Crippen molar-refractivity contribution in [1.29, 1.82) is 0 Å². The first-order chi connectivity index (χ1) is 16.4. The number of likely N-dealkylation sites (tertiary alicyclic amines) is 1. The highest BCUT2D eigenvalue weighted by Gasteiger charge is 2.51. The van der Waals surface area contributed by atoms with Gasteiger partial charge in [-0.15, -0.1) is 0 Å². The molecule has 5 rings (SSSR count). The van der Waals surface area contributed by atoms with Crippen molar-refractivity contribution in [2.24, 2.45) is 10.6 Å². The summed E-state index contributed by atoms with van der Waals surface area (Å²) < 4.78 is 40.2. The number of aromatic nitrogens is 1. The van der Waals surface area contributed by atoms with Crippen molar-refractivity contribution < 1.29 is 18.0 Å². The smallest absolute Gasteiger partial charge is 0.159 e. The third-order valence-electron chi connectivity index (χ3n) is 6.31. The van der Waals surface area contributed by atoms with E-state index in [1.807, 2.05) is 24.3 Å². The average molecular weight is 467 g/mol. The predicted molar refractivity (Wildman–Crippen MR) is 124 cm³/mol. The highest BCUT2D eigenvalue weighted by atomic mass is 19.2. The summed E-state index contributed by atoms with van der Waals surface area (Å²) in [6.07, 6.45) is 1.78. The van der Waals surface area contributed by atoms with Gasteiger partial charge in [0.15, 0.2) is 11.6 Å². The first-order valence-electron chi connectivity index (χ1n) is 11.3. The first kappa shape index (κ1) is 22.4. The molecule has 2 fully saturated rings. The topological polar surface area (TPSA) is 41.0 Å². The van der Waals surface area contributed by atoms with Gasteiger partial charge in [-0.2, -0.15) is 0 Å². The summed E-state index contributed by atoms with van der Waals surface area (Å²) in [5.41, 5.74) is 3.71. The molecule has 5 nitrogen and oxygen atoms in total. The molecule has 0 saturated carbocycles. The molecule has 0 amide bonds. The quantitative estimate of drug-likeness (QED) is 0.377. The molecule has 2 saturated heterocycles. The van der Waals surface area contributed by atoms with Crippen molar-refractivity contribution in [3.8, 4) is 0 Å². The van der Waals surface area contributed by atoms with Crippen LogP contribution in [-0.2, 0) is 11.4 Å². The van der Waals surface area contributed by atoms with Gasteiger partial charge in [0, 0.05) is 55.6 Å². The third-order valence-corrected chi connectivity index (χ3v) is 6.31. The lowest BCUT2D eigenvalue weighted by atomic mass is 9.72. The lowest BCUT2D eigenvalue weighted by Gasteiger charge is -2.61. The molecule has 0 unspecified atom stereocenters. The van der Waals surface area contributed by atoms with Gasteiger partial charge < -0.3 is 9.74 Å². The van der Waals surface area contributed by atoms with Gasteiger partial charge in [-0.25, -0.2) is 13.2 Å². The Morgan fingerprint density at radius 2 is 1.74 bits per heavy atom. The average Bonchev–Trinajstić information content (AvgIpc) is 2.79. The van der Waals surface area contributed by atoms with Crippen molar-refractivity contribution in [1.82, 2.24) is 9.88 Å². The molecule has 1 spiro atoms. The second-order valence-corrected chi connectivity index (χ2v) is 9.02. The van der Waals surface area contributed by atoms with Crippen LogP contribution in [0.25, 0.3) is 0 Å². The standard InChI is InChI=1S/C26H25F3N4O/c1-2-34-31-25(19-4-9-22(28)23(29)11-19)24-10-3-18(12-30-24)13-32-14-26(15-32)16-33(17-26)21-7-5-20(27)6-8-21/h3-12H,2,13-17H2,1H3. The largest absolute Gasteiger partial charge is 0.396 e. The van der Waals surface area contributed by atoms with Crippen LogP contribution < -0.4 is 4.90 Å². The second kappa shape index (κ2) is 9.10. The van der Waals surface area contributed by atoms with Crippen LogP contribution in [0.4, 0.5) is 18.9 Å². The Kier molecular flexibility index (Phi) is 6.00. The van der Waals surface area contributed by atoms with E-state index in [9.17, 15) is 13.2 Å². The number of hydrogen-bond acceptors (Lipinski definition) is 5. The van der Waals surface area contributed by atoms with E-state index in [2.05, 4.69) is 19.9 Å². The molecule has 34 heavy (non-hydrogen) atoms. The van der Waals surface area contributed by atoms with E-state index in [0.717, 1.165) is 56.1 Å².